The van der Waals surface area contributed by atoms with Gasteiger partial charge in [0.25, 0.3) is 0 Å². The predicted molar refractivity (Wildman–Crippen MR) is 80.9 cm³/mol. The third-order valence-electron chi connectivity index (χ3n) is 3.33. The number of carboxylic acid groups (broad SMARTS) is 1. The Bertz CT molecular complexity index is 526. The van der Waals surface area contributed by atoms with E-state index >= 15 is 0 Å². The molecule has 1 radical (unpaired) electrons. The van der Waals surface area contributed by atoms with Gasteiger partial charge in [-0.3, -0.25) is 0 Å². The van der Waals surface area contributed by atoms with Gasteiger partial charge >= 0.3 is 126 Å². The monoisotopic (exact) mass is 338 g/mol. The first-order valence-corrected chi connectivity index (χ1v) is 8.68. The Morgan fingerprint density at radius 1 is 1.30 bits per heavy atom. The maximum absolute atomic E-state index is 11.6. The molecule has 20 heavy (non-hydrogen) atoms. The quantitative estimate of drug-likeness (QED) is 0.779. The zero-order valence-corrected chi connectivity index (χ0v) is 14.2. The fourth-order valence-electron chi connectivity index (χ4n) is 2.12. The van der Waals surface area contributed by atoms with Gasteiger partial charge in [-0.15, -0.1) is 0 Å². The van der Waals surface area contributed by atoms with Crippen molar-refractivity contribution in [2.24, 2.45) is 11.7 Å². The molecular formula is C15H21AsNO3. The van der Waals surface area contributed by atoms with E-state index in [-0.39, 0.29) is 21.3 Å². The molecule has 0 saturated heterocycles. The second-order valence-electron chi connectivity index (χ2n) is 5.20. The van der Waals surface area contributed by atoms with Crippen molar-refractivity contribution in [3.8, 4) is 0 Å². The molecule has 5 heteroatoms. The maximum atomic E-state index is 11.6. The number of aryl methyl sites for hydroxylation is 1. The summed E-state index contributed by atoms with van der Waals surface area (Å²) in [6.07, 6.45) is 1.02. The van der Waals surface area contributed by atoms with Crippen LogP contribution in [0.4, 0.5) is 0 Å². The molecule has 0 fully saturated rings. The molecule has 0 bridgehead atoms. The van der Waals surface area contributed by atoms with Crippen LogP contribution in [0, 0.1) is 12.8 Å². The molecule has 3 N–H and O–H groups in total. The fourth-order valence-corrected chi connectivity index (χ4v) is 4.97. The molecule has 1 aromatic carbocycles. The van der Waals surface area contributed by atoms with Crippen molar-refractivity contribution in [3.05, 3.63) is 28.8 Å². The van der Waals surface area contributed by atoms with Crippen LogP contribution in [0.25, 0.3) is 0 Å². The van der Waals surface area contributed by atoms with Crippen LogP contribution in [-0.4, -0.2) is 32.7 Å². The van der Waals surface area contributed by atoms with Gasteiger partial charge in [0.15, 0.2) is 0 Å². The van der Waals surface area contributed by atoms with Gasteiger partial charge < -0.3 is 0 Å². The summed E-state index contributed by atoms with van der Waals surface area (Å²) in [6, 6.07) is 3.26. The Labute approximate surface area is 126 Å². The third-order valence-corrected chi connectivity index (χ3v) is 7.40. The number of carbonyl (C=O) groups excluding carboxylic acids is 1. The first-order valence-electron chi connectivity index (χ1n) is 6.66. The summed E-state index contributed by atoms with van der Waals surface area (Å²) in [7, 11) is 0. The number of benzene rings is 1. The van der Waals surface area contributed by atoms with Crippen molar-refractivity contribution >= 4 is 32.0 Å². The molecule has 0 aliphatic heterocycles. The third kappa shape index (κ3) is 3.86. The van der Waals surface area contributed by atoms with Crippen LogP contribution in [0.3, 0.4) is 0 Å². The number of hydrogen-bond acceptors (Lipinski definition) is 2. The van der Waals surface area contributed by atoms with E-state index in [4.69, 9.17) is 5.73 Å². The predicted octanol–water partition coefficient (Wildman–Crippen LogP) is 1.98. The normalized spacial score (nSPS) is 13.1. The molecule has 0 aromatic heterocycles. The molecule has 1 unspecified atom stereocenters. The number of nitrogens with two attached hydrogens (primary N) is 1. The summed E-state index contributed by atoms with van der Waals surface area (Å²) >= 11 is -0.287. The Hall–Kier alpha value is -1.28. The van der Waals surface area contributed by atoms with Crippen molar-refractivity contribution in [2.45, 2.75) is 38.8 Å². The van der Waals surface area contributed by atoms with E-state index in [0.29, 0.717) is 21.8 Å². The molecule has 109 valence electrons. The number of amides is 1. The fraction of sp³-hybridized carbons (Fsp3) is 0.467. The zero-order valence-electron chi connectivity index (χ0n) is 12.3. The Kier molecular flexibility index (Phi) is 5.82. The van der Waals surface area contributed by atoms with Gasteiger partial charge in [-0.25, -0.2) is 0 Å². The summed E-state index contributed by atoms with van der Waals surface area (Å²) in [6.45, 7) is 8.12. The van der Waals surface area contributed by atoms with E-state index in [1.165, 1.54) is 0 Å². The van der Waals surface area contributed by atoms with Gasteiger partial charge in [0.1, 0.15) is 0 Å². The van der Waals surface area contributed by atoms with Crippen molar-refractivity contribution in [1.29, 1.82) is 0 Å². The van der Waals surface area contributed by atoms with Crippen LogP contribution in [-0.2, 0) is 0 Å². The summed E-state index contributed by atoms with van der Waals surface area (Å²) in [5.41, 5.74) is 6.75. The van der Waals surface area contributed by atoms with E-state index < -0.39 is 11.9 Å². The van der Waals surface area contributed by atoms with Crippen LogP contribution >= 0.6 is 0 Å². The number of primary amides is 1. The van der Waals surface area contributed by atoms with Crippen molar-refractivity contribution in [3.63, 3.8) is 0 Å². The number of carboxylic acids is 1. The van der Waals surface area contributed by atoms with Crippen LogP contribution < -0.4 is 10.1 Å². The molecule has 1 amide bonds. The van der Waals surface area contributed by atoms with Crippen molar-refractivity contribution in [1.82, 2.24) is 0 Å². The molecule has 4 nitrogen and oxygen atoms in total. The van der Waals surface area contributed by atoms with Gasteiger partial charge in [0.2, 0.25) is 0 Å². The summed E-state index contributed by atoms with van der Waals surface area (Å²) in [5, 5.41) is 9.21. The second kappa shape index (κ2) is 6.94. The van der Waals surface area contributed by atoms with Crippen LogP contribution in [0.2, 0.25) is 4.71 Å². The standard InChI is InChI=1S/C15H21AsNO3/c1-5-12(8(2)3)16-13-7-10(15(19)20)9(4)6-11(13)14(17)18/h6-8,12H,5H2,1-4H3,(H2,17,18)(H,19,20). The summed E-state index contributed by atoms with van der Waals surface area (Å²) in [4.78, 5) is 22.8. The van der Waals surface area contributed by atoms with E-state index in [9.17, 15) is 14.7 Å². The summed E-state index contributed by atoms with van der Waals surface area (Å²) in [5.74, 6) is -0.928. The van der Waals surface area contributed by atoms with Crippen LogP contribution in [0.1, 0.15) is 53.5 Å². The molecule has 0 spiro atoms. The Balaban J connectivity index is 3.30. The SMILES string of the molecule is CCC([As]c1cc(C(=O)O)c(C)cc1C(N)=O)C(C)C. The van der Waals surface area contributed by atoms with E-state index in [0.717, 1.165) is 10.8 Å². The molecule has 1 aromatic rings. The van der Waals surface area contributed by atoms with Crippen LogP contribution in [0.5, 0.6) is 0 Å². The van der Waals surface area contributed by atoms with Gasteiger partial charge in [-0.1, -0.05) is 0 Å². The van der Waals surface area contributed by atoms with Crippen LogP contribution in [0.15, 0.2) is 12.1 Å². The van der Waals surface area contributed by atoms with E-state index in [2.05, 4.69) is 20.8 Å². The molecule has 0 aliphatic carbocycles. The second-order valence-corrected chi connectivity index (χ2v) is 8.15. The number of carbonyl (C=O) groups is 2. The van der Waals surface area contributed by atoms with Crippen molar-refractivity contribution < 1.29 is 14.7 Å². The molecular weight excluding hydrogens is 317 g/mol. The average molecular weight is 338 g/mol. The minimum absolute atomic E-state index is 0.263. The van der Waals surface area contributed by atoms with Gasteiger partial charge in [-0.05, 0) is 0 Å². The minimum atomic E-state index is -0.960. The van der Waals surface area contributed by atoms with E-state index in [1.807, 2.05) is 0 Å². The Morgan fingerprint density at radius 2 is 1.90 bits per heavy atom. The Morgan fingerprint density at radius 3 is 2.30 bits per heavy atom. The molecule has 1 rings (SSSR count). The topological polar surface area (TPSA) is 80.4 Å². The molecule has 0 saturated carbocycles. The van der Waals surface area contributed by atoms with Gasteiger partial charge in [-0.2, -0.15) is 0 Å². The molecule has 0 aliphatic rings. The average Bonchev–Trinajstić information content (AvgIpc) is 2.35. The molecule has 0 heterocycles. The van der Waals surface area contributed by atoms with E-state index in [1.54, 1.807) is 19.1 Å². The molecule has 1 atom stereocenters. The summed E-state index contributed by atoms with van der Waals surface area (Å²) < 4.78 is 1.33. The first-order chi connectivity index (χ1) is 9.27. The van der Waals surface area contributed by atoms with Gasteiger partial charge in [0.05, 0.1) is 0 Å². The number of hydrogen-bond donors (Lipinski definition) is 2. The number of rotatable bonds is 6. The van der Waals surface area contributed by atoms with Gasteiger partial charge in [0, 0.05) is 0 Å². The van der Waals surface area contributed by atoms with Crippen molar-refractivity contribution in [2.75, 3.05) is 0 Å². The first kappa shape index (κ1) is 16.8. The number of aromatic carboxylic acids is 1. The zero-order chi connectivity index (χ0) is 15.4.